The van der Waals surface area contributed by atoms with E-state index in [9.17, 15) is 9.18 Å². The zero-order valence-electron chi connectivity index (χ0n) is 12.0. The number of hydrogen-bond donors (Lipinski definition) is 2. The number of halogens is 1. The summed E-state index contributed by atoms with van der Waals surface area (Å²) in [5.74, 6) is 4.87. The van der Waals surface area contributed by atoms with Crippen LogP contribution in [0.2, 0.25) is 0 Å². The summed E-state index contributed by atoms with van der Waals surface area (Å²) < 4.78 is 13.9. The topological polar surface area (TPSA) is 55.1 Å². The molecule has 20 heavy (non-hydrogen) atoms. The lowest BCUT2D eigenvalue weighted by Crippen LogP contribution is -2.29. The van der Waals surface area contributed by atoms with Gasteiger partial charge in [0, 0.05) is 12.1 Å². The standard InChI is InChI=1S/C16H21FN2O/c1-3-12(4-2)11-19-16(20)14-8-7-13(6-5-9-18)10-15(14)17/h7-8,10,12H,3-4,9,11,18H2,1-2H3,(H,19,20). The Hall–Kier alpha value is -1.86. The van der Waals surface area contributed by atoms with Crippen LogP contribution < -0.4 is 11.1 Å². The molecule has 1 aromatic rings. The molecule has 0 saturated heterocycles. The molecule has 0 aliphatic heterocycles. The molecule has 1 amide bonds. The molecule has 0 aliphatic carbocycles. The average molecular weight is 276 g/mol. The van der Waals surface area contributed by atoms with Crippen molar-refractivity contribution in [1.29, 1.82) is 0 Å². The molecular formula is C16H21FN2O. The summed E-state index contributed by atoms with van der Waals surface area (Å²) in [6.07, 6.45) is 1.99. The van der Waals surface area contributed by atoms with Crippen LogP contribution in [0.15, 0.2) is 18.2 Å². The Bertz CT molecular complexity index is 513. The lowest BCUT2D eigenvalue weighted by molar-refractivity contribution is 0.0942. The second-order valence-electron chi connectivity index (χ2n) is 4.59. The summed E-state index contributed by atoms with van der Waals surface area (Å²) >= 11 is 0. The molecule has 0 saturated carbocycles. The summed E-state index contributed by atoms with van der Waals surface area (Å²) in [4.78, 5) is 11.9. The molecule has 0 aromatic heterocycles. The molecule has 0 radical (unpaired) electrons. The van der Waals surface area contributed by atoms with Crippen molar-refractivity contribution in [1.82, 2.24) is 5.32 Å². The number of nitrogens with two attached hydrogens (primary N) is 1. The molecule has 1 aromatic carbocycles. The first-order chi connectivity index (χ1) is 9.62. The highest BCUT2D eigenvalue weighted by Crippen LogP contribution is 2.11. The highest BCUT2D eigenvalue weighted by Gasteiger charge is 2.13. The Balaban J connectivity index is 2.74. The van der Waals surface area contributed by atoms with Crippen LogP contribution in [-0.4, -0.2) is 19.0 Å². The normalized spacial score (nSPS) is 10.1. The average Bonchev–Trinajstić information content (AvgIpc) is 2.46. The second-order valence-corrected chi connectivity index (χ2v) is 4.59. The maximum absolute atomic E-state index is 13.9. The van der Waals surface area contributed by atoms with Crippen LogP contribution in [0, 0.1) is 23.6 Å². The Morgan fingerprint density at radius 3 is 2.65 bits per heavy atom. The SMILES string of the molecule is CCC(CC)CNC(=O)c1ccc(C#CCN)cc1F. The molecule has 0 heterocycles. The Labute approximate surface area is 119 Å². The molecule has 1 rings (SSSR count). The van der Waals surface area contributed by atoms with Crippen molar-refractivity contribution in [2.24, 2.45) is 11.7 Å². The first-order valence-corrected chi connectivity index (χ1v) is 6.89. The van der Waals surface area contributed by atoms with Gasteiger partial charge in [0.25, 0.3) is 5.91 Å². The van der Waals surface area contributed by atoms with E-state index in [0.717, 1.165) is 12.8 Å². The van der Waals surface area contributed by atoms with Gasteiger partial charge in [-0.1, -0.05) is 38.5 Å². The Morgan fingerprint density at radius 1 is 1.40 bits per heavy atom. The third-order valence-corrected chi connectivity index (χ3v) is 3.25. The van der Waals surface area contributed by atoms with Gasteiger partial charge in [-0.05, 0) is 24.1 Å². The molecule has 3 N–H and O–H groups in total. The van der Waals surface area contributed by atoms with Gasteiger partial charge in [0.1, 0.15) is 5.82 Å². The highest BCUT2D eigenvalue weighted by atomic mass is 19.1. The van der Waals surface area contributed by atoms with Gasteiger partial charge in [0.05, 0.1) is 12.1 Å². The van der Waals surface area contributed by atoms with Crippen molar-refractivity contribution >= 4 is 5.91 Å². The molecule has 0 unspecified atom stereocenters. The van der Waals surface area contributed by atoms with E-state index >= 15 is 0 Å². The van der Waals surface area contributed by atoms with Gasteiger partial charge in [-0.25, -0.2) is 4.39 Å². The van der Waals surface area contributed by atoms with Crippen LogP contribution in [0.1, 0.15) is 42.6 Å². The number of amides is 1. The van der Waals surface area contributed by atoms with Crippen LogP contribution in [0.4, 0.5) is 4.39 Å². The number of carbonyl (C=O) groups is 1. The summed E-state index contributed by atoms with van der Waals surface area (Å²) in [5.41, 5.74) is 5.82. The second kappa shape index (κ2) is 8.34. The van der Waals surface area contributed by atoms with E-state index in [0.29, 0.717) is 18.0 Å². The highest BCUT2D eigenvalue weighted by molar-refractivity contribution is 5.94. The third kappa shape index (κ3) is 4.67. The van der Waals surface area contributed by atoms with Crippen molar-refractivity contribution < 1.29 is 9.18 Å². The van der Waals surface area contributed by atoms with Crippen molar-refractivity contribution in [3.8, 4) is 11.8 Å². The van der Waals surface area contributed by atoms with Gasteiger partial charge in [-0.15, -0.1) is 0 Å². The molecule has 0 fully saturated rings. The maximum Gasteiger partial charge on any atom is 0.254 e. The maximum atomic E-state index is 13.9. The van der Waals surface area contributed by atoms with Crippen molar-refractivity contribution in [2.75, 3.05) is 13.1 Å². The van der Waals surface area contributed by atoms with Gasteiger partial charge < -0.3 is 11.1 Å². The fraction of sp³-hybridized carbons (Fsp3) is 0.438. The van der Waals surface area contributed by atoms with Crippen LogP contribution in [0.3, 0.4) is 0 Å². The first kappa shape index (κ1) is 16.2. The van der Waals surface area contributed by atoms with Crippen LogP contribution in [0.25, 0.3) is 0 Å². The minimum Gasteiger partial charge on any atom is -0.352 e. The molecule has 108 valence electrons. The third-order valence-electron chi connectivity index (χ3n) is 3.25. The van der Waals surface area contributed by atoms with E-state index in [1.54, 1.807) is 6.07 Å². The molecule has 0 bridgehead atoms. The van der Waals surface area contributed by atoms with Crippen LogP contribution >= 0.6 is 0 Å². The van der Waals surface area contributed by atoms with E-state index in [2.05, 4.69) is 31.0 Å². The number of hydrogen-bond acceptors (Lipinski definition) is 2. The minimum absolute atomic E-state index is 0.0502. The predicted molar refractivity (Wildman–Crippen MR) is 78.7 cm³/mol. The largest absolute Gasteiger partial charge is 0.352 e. The van der Waals surface area contributed by atoms with E-state index in [4.69, 9.17) is 5.73 Å². The van der Waals surface area contributed by atoms with Crippen molar-refractivity contribution in [3.05, 3.63) is 35.1 Å². The monoisotopic (exact) mass is 276 g/mol. The summed E-state index contributed by atoms with van der Waals surface area (Å²) in [6.45, 7) is 4.94. The lowest BCUT2D eigenvalue weighted by Gasteiger charge is -2.13. The number of rotatable bonds is 5. The zero-order valence-corrected chi connectivity index (χ0v) is 12.0. The molecule has 0 atom stereocenters. The molecule has 0 aliphatic rings. The summed E-state index contributed by atoms with van der Waals surface area (Å²) in [6, 6.07) is 4.34. The predicted octanol–water partition coefficient (Wildman–Crippen LogP) is 2.30. The van der Waals surface area contributed by atoms with E-state index in [1.165, 1.54) is 12.1 Å². The molecule has 3 nitrogen and oxygen atoms in total. The van der Waals surface area contributed by atoms with Crippen molar-refractivity contribution in [3.63, 3.8) is 0 Å². The molecule has 4 heteroatoms. The Kier molecular flexibility index (Phi) is 6.75. The minimum atomic E-state index is -0.559. The summed E-state index contributed by atoms with van der Waals surface area (Å²) in [5, 5.41) is 2.77. The smallest absolute Gasteiger partial charge is 0.254 e. The van der Waals surface area contributed by atoms with Gasteiger partial charge in [0.15, 0.2) is 0 Å². The quantitative estimate of drug-likeness (QED) is 0.811. The van der Waals surface area contributed by atoms with Gasteiger partial charge in [0.2, 0.25) is 0 Å². The fourth-order valence-corrected chi connectivity index (χ4v) is 1.84. The number of nitrogens with one attached hydrogen (secondary N) is 1. The van der Waals surface area contributed by atoms with Crippen molar-refractivity contribution in [2.45, 2.75) is 26.7 Å². The van der Waals surface area contributed by atoms with Crippen LogP contribution in [0.5, 0.6) is 0 Å². The van der Waals surface area contributed by atoms with Gasteiger partial charge >= 0.3 is 0 Å². The lowest BCUT2D eigenvalue weighted by atomic mass is 10.0. The van der Waals surface area contributed by atoms with Gasteiger partial charge in [-0.2, -0.15) is 0 Å². The molecular weight excluding hydrogens is 255 g/mol. The number of carbonyl (C=O) groups excluding carboxylic acids is 1. The first-order valence-electron chi connectivity index (χ1n) is 6.89. The number of benzene rings is 1. The van der Waals surface area contributed by atoms with Gasteiger partial charge in [-0.3, -0.25) is 4.79 Å². The van der Waals surface area contributed by atoms with Crippen LogP contribution in [-0.2, 0) is 0 Å². The van der Waals surface area contributed by atoms with E-state index < -0.39 is 5.82 Å². The Morgan fingerprint density at radius 2 is 2.10 bits per heavy atom. The van der Waals surface area contributed by atoms with E-state index in [-0.39, 0.29) is 18.0 Å². The molecule has 0 spiro atoms. The van der Waals surface area contributed by atoms with E-state index in [1.807, 2.05) is 0 Å². The summed E-state index contributed by atoms with van der Waals surface area (Å²) in [7, 11) is 0. The fourth-order valence-electron chi connectivity index (χ4n) is 1.84. The zero-order chi connectivity index (χ0) is 15.0.